The van der Waals surface area contributed by atoms with Crippen LogP contribution in [0.5, 0.6) is 0 Å². The largest absolute Gasteiger partial charge is 0.358 e. The van der Waals surface area contributed by atoms with Gasteiger partial charge in [0, 0.05) is 12.4 Å². The molecule has 2 amide bonds. The Bertz CT molecular complexity index is 643. The second-order valence-corrected chi connectivity index (χ2v) is 4.23. The van der Waals surface area contributed by atoms with E-state index in [0.29, 0.717) is 0 Å². The van der Waals surface area contributed by atoms with Gasteiger partial charge in [0.25, 0.3) is 5.91 Å². The summed E-state index contributed by atoms with van der Waals surface area (Å²) < 4.78 is 0. The third-order valence-electron chi connectivity index (χ3n) is 2.61. The van der Waals surface area contributed by atoms with Crippen LogP contribution in [0.1, 0.15) is 10.5 Å². The molecule has 19 heavy (non-hydrogen) atoms. The van der Waals surface area contributed by atoms with E-state index >= 15 is 0 Å². The molecule has 0 radical (unpaired) electrons. The quantitative estimate of drug-likeness (QED) is 0.832. The topological polar surface area (TPSA) is 71.1 Å². The Morgan fingerprint density at radius 1 is 1.32 bits per heavy atom. The third kappa shape index (κ3) is 3.00. The molecule has 0 saturated heterocycles. The molecule has 2 rings (SSSR count). The van der Waals surface area contributed by atoms with Crippen molar-refractivity contribution in [2.75, 3.05) is 13.6 Å². The number of halogens is 1. The van der Waals surface area contributed by atoms with Crippen LogP contribution in [0, 0.1) is 0 Å². The van der Waals surface area contributed by atoms with Gasteiger partial charge in [0.05, 0.1) is 6.54 Å². The van der Waals surface area contributed by atoms with Gasteiger partial charge in [-0.05, 0) is 11.5 Å². The van der Waals surface area contributed by atoms with E-state index in [1.165, 1.54) is 7.05 Å². The number of benzene rings is 1. The number of nitrogens with zero attached hydrogens (tertiary/aromatic N) is 1. The van der Waals surface area contributed by atoms with Gasteiger partial charge in [0.1, 0.15) is 10.8 Å². The van der Waals surface area contributed by atoms with Gasteiger partial charge in [-0.25, -0.2) is 4.98 Å². The lowest BCUT2D eigenvalue weighted by molar-refractivity contribution is -0.119. The van der Waals surface area contributed by atoms with Crippen LogP contribution < -0.4 is 10.6 Å². The molecule has 1 heterocycles. The van der Waals surface area contributed by atoms with Crippen LogP contribution in [-0.2, 0) is 4.79 Å². The molecular weight excluding hydrogens is 266 g/mol. The Morgan fingerprint density at radius 2 is 2.05 bits per heavy atom. The average Bonchev–Trinajstić information content (AvgIpc) is 2.44. The summed E-state index contributed by atoms with van der Waals surface area (Å²) >= 11 is 6.03. The number of carbonyl (C=O) groups is 2. The van der Waals surface area contributed by atoms with Crippen molar-refractivity contribution < 1.29 is 9.59 Å². The average molecular weight is 278 g/mol. The highest BCUT2D eigenvalue weighted by Gasteiger charge is 2.11. The minimum absolute atomic E-state index is 0.0958. The van der Waals surface area contributed by atoms with Gasteiger partial charge in [0.15, 0.2) is 0 Å². The molecule has 0 aliphatic heterocycles. The molecule has 0 saturated carbocycles. The Morgan fingerprint density at radius 3 is 2.79 bits per heavy atom. The standard InChI is InChI=1S/C13H12ClN3O2/c1-15-11(18)7-16-13(19)10-6-8-4-2-3-5-9(8)12(14)17-10/h2-6H,7H2,1H3,(H,15,18)(H,16,19). The lowest BCUT2D eigenvalue weighted by Gasteiger charge is -2.06. The highest BCUT2D eigenvalue weighted by Crippen LogP contribution is 2.22. The zero-order valence-electron chi connectivity index (χ0n) is 10.2. The van der Waals surface area contributed by atoms with Crippen molar-refractivity contribution in [3.63, 3.8) is 0 Å². The number of likely N-dealkylation sites (N-methyl/N-ethyl adjacent to an activating group) is 1. The molecule has 5 nitrogen and oxygen atoms in total. The van der Waals surface area contributed by atoms with Gasteiger partial charge in [-0.2, -0.15) is 0 Å². The minimum atomic E-state index is -0.434. The second kappa shape index (κ2) is 5.67. The number of fused-ring (bicyclic) bond motifs is 1. The molecule has 0 atom stereocenters. The van der Waals surface area contributed by atoms with E-state index in [2.05, 4.69) is 15.6 Å². The zero-order chi connectivity index (χ0) is 13.8. The van der Waals surface area contributed by atoms with E-state index in [4.69, 9.17) is 11.6 Å². The first-order valence-electron chi connectivity index (χ1n) is 5.66. The van der Waals surface area contributed by atoms with E-state index in [0.717, 1.165) is 10.8 Å². The Kier molecular flexibility index (Phi) is 3.97. The van der Waals surface area contributed by atoms with Crippen LogP contribution in [0.2, 0.25) is 5.15 Å². The monoisotopic (exact) mass is 277 g/mol. The molecule has 1 aromatic heterocycles. The lowest BCUT2D eigenvalue weighted by Crippen LogP contribution is -2.35. The summed E-state index contributed by atoms with van der Waals surface area (Å²) in [5.74, 6) is -0.712. The third-order valence-corrected chi connectivity index (χ3v) is 2.90. The minimum Gasteiger partial charge on any atom is -0.358 e. The number of amides is 2. The van der Waals surface area contributed by atoms with Crippen LogP contribution in [0.3, 0.4) is 0 Å². The van der Waals surface area contributed by atoms with E-state index < -0.39 is 5.91 Å². The fourth-order valence-corrected chi connectivity index (χ4v) is 1.88. The zero-order valence-corrected chi connectivity index (χ0v) is 11.0. The molecule has 0 bridgehead atoms. The maximum atomic E-state index is 11.8. The number of nitrogens with one attached hydrogen (secondary N) is 2. The molecule has 2 N–H and O–H groups in total. The van der Waals surface area contributed by atoms with Crippen LogP contribution in [0.15, 0.2) is 30.3 Å². The SMILES string of the molecule is CNC(=O)CNC(=O)c1cc2ccccc2c(Cl)n1. The van der Waals surface area contributed by atoms with Gasteiger partial charge in [-0.15, -0.1) is 0 Å². The van der Waals surface area contributed by atoms with Crippen LogP contribution in [0.4, 0.5) is 0 Å². The maximum Gasteiger partial charge on any atom is 0.270 e. The predicted octanol–water partition coefficient (Wildman–Crippen LogP) is 1.36. The summed E-state index contributed by atoms with van der Waals surface area (Å²) in [6.45, 7) is -0.0958. The normalized spacial score (nSPS) is 10.2. The van der Waals surface area contributed by atoms with Gasteiger partial charge >= 0.3 is 0 Å². The van der Waals surface area contributed by atoms with Crippen molar-refractivity contribution in [2.24, 2.45) is 0 Å². The summed E-state index contributed by atoms with van der Waals surface area (Å²) in [6, 6.07) is 9.02. The highest BCUT2D eigenvalue weighted by molar-refractivity contribution is 6.34. The van der Waals surface area contributed by atoms with Gasteiger partial charge in [-0.1, -0.05) is 35.9 Å². The number of pyridine rings is 1. The van der Waals surface area contributed by atoms with Crippen molar-refractivity contribution in [1.29, 1.82) is 0 Å². The molecular formula is C13H12ClN3O2. The van der Waals surface area contributed by atoms with E-state index in [-0.39, 0.29) is 23.3 Å². The van der Waals surface area contributed by atoms with Gasteiger partial charge in [0.2, 0.25) is 5.91 Å². The molecule has 0 fully saturated rings. The van der Waals surface area contributed by atoms with Gasteiger partial charge in [-0.3, -0.25) is 9.59 Å². The molecule has 1 aromatic carbocycles. The Balaban J connectivity index is 2.25. The number of carbonyl (C=O) groups excluding carboxylic acids is 2. The van der Waals surface area contributed by atoms with Gasteiger partial charge < -0.3 is 10.6 Å². The van der Waals surface area contributed by atoms with Crippen molar-refractivity contribution in [1.82, 2.24) is 15.6 Å². The fourth-order valence-electron chi connectivity index (χ4n) is 1.61. The summed E-state index contributed by atoms with van der Waals surface area (Å²) in [7, 11) is 1.50. The number of hydrogen-bond donors (Lipinski definition) is 2. The highest BCUT2D eigenvalue weighted by atomic mass is 35.5. The summed E-state index contributed by atoms with van der Waals surface area (Å²) in [4.78, 5) is 26.9. The molecule has 98 valence electrons. The van der Waals surface area contributed by atoms with Crippen molar-refractivity contribution in [3.8, 4) is 0 Å². The van der Waals surface area contributed by atoms with Crippen LogP contribution >= 0.6 is 11.6 Å². The number of rotatable bonds is 3. The lowest BCUT2D eigenvalue weighted by atomic mass is 10.1. The summed E-state index contributed by atoms with van der Waals surface area (Å²) in [6.07, 6.45) is 0. The molecule has 0 aliphatic rings. The number of aromatic nitrogens is 1. The van der Waals surface area contributed by atoms with Crippen molar-refractivity contribution >= 4 is 34.2 Å². The maximum absolute atomic E-state index is 11.8. The Labute approximate surface area is 115 Å². The Hall–Kier alpha value is -2.14. The van der Waals surface area contributed by atoms with E-state index in [9.17, 15) is 9.59 Å². The molecule has 2 aromatic rings. The van der Waals surface area contributed by atoms with Crippen molar-refractivity contribution in [2.45, 2.75) is 0 Å². The van der Waals surface area contributed by atoms with E-state index in [1.807, 2.05) is 24.3 Å². The molecule has 0 aliphatic carbocycles. The first kappa shape index (κ1) is 13.3. The first-order valence-corrected chi connectivity index (χ1v) is 6.03. The molecule has 0 spiro atoms. The summed E-state index contributed by atoms with van der Waals surface area (Å²) in [5.41, 5.74) is 0.188. The molecule has 0 unspecified atom stereocenters. The smallest absolute Gasteiger partial charge is 0.270 e. The second-order valence-electron chi connectivity index (χ2n) is 3.88. The first-order chi connectivity index (χ1) is 9.11. The fraction of sp³-hybridized carbons (Fsp3) is 0.154. The predicted molar refractivity (Wildman–Crippen MR) is 73.2 cm³/mol. The summed E-state index contributed by atoms with van der Waals surface area (Å²) in [5, 5.41) is 6.76. The molecule has 6 heteroatoms. The van der Waals surface area contributed by atoms with E-state index in [1.54, 1.807) is 6.07 Å². The van der Waals surface area contributed by atoms with Crippen LogP contribution in [0.25, 0.3) is 10.8 Å². The van der Waals surface area contributed by atoms with Crippen LogP contribution in [-0.4, -0.2) is 30.4 Å². The van der Waals surface area contributed by atoms with Crippen molar-refractivity contribution in [3.05, 3.63) is 41.2 Å². The number of hydrogen-bond acceptors (Lipinski definition) is 3.